The quantitative estimate of drug-likeness (QED) is 0.761. The van der Waals surface area contributed by atoms with Crippen molar-refractivity contribution in [2.24, 2.45) is 0 Å². The Morgan fingerprint density at radius 1 is 1.15 bits per heavy atom. The summed E-state index contributed by atoms with van der Waals surface area (Å²) in [5, 5.41) is 12.2. The number of aromatic nitrogens is 4. The molecule has 7 nitrogen and oxygen atoms in total. The molecule has 0 saturated carbocycles. The average Bonchev–Trinajstić information content (AvgIpc) is 2.89. The van der Waals surface area contributed by atoms with Crippen LogP contribution in [-0.2, 0) is 13.1 Å². The molecule has 2 aromatic heterocycles. The Kier molecular flexibility index (Phi) is 4.82. The molecule has 1 amide bonds. The van der Waals surface area contributed by atoms with Gasteiger partial charge in [0.15, 0.2) is 5.69 Å². The van der Waals surface area contributed by atoms with Crippen molar-refractivity contribution in [2.75, 3.05) is 5.32 Å². The summed E-state index contributed by atoms with van der Waals surface area (Å²) < 4.78 is 3.42. The van der Waals surface area contributed by atoms with Crippen molar-refractivity contribution in [3.05, 3.63) is 50.5 Å². The lowest BCUT2D eigenvalue weighted by Gasteiger charge is -2.11. The molecular formula is C18H20ClN5O2. The Morgan fingerprint density at radius 2 is 1.85 bits per heavy atom. The molecule has 1 N–H and O–H groups in total. The van der Waals surface area contributed by atoms with Gasteiger partial charge in [-0.05, 0) is 45.9 Å². The number of aryl methyl sites for hydroxylation is 3. The lowest BCUT2D eigenvalue weighted by Crippen LogP contribution is -2.27. The molecule has 0 saturated heterocycles. The minimum Gasteiger partial charge on any atom is -0.317 e. The number of hydrogen-bond acceptors (Lipinski definition) is 4. The van der Waals surface area contributed by atoms with Gasteiger partial charge in [0.05, 0.1) is 28.0 Å². The third-order valence-corrected chi connectivity index (χ3v) is 4.59. The van der Waals surface area contributed by atoms with E-state index in [2.05, 4.69) is 15.5 Å². The van der Waals surface area contributed by atoms with Crippen molar-refractivity contribution in [1.29, 1.82) is 0 Å². The van der Waals surface area contributed by atoms with Gasteiger partial charge in [0, 0.05) is 18.1 Å². The molecule has 3 rings (SSSR count). The van der Waals surface area contributed by atoms with E-state index < -0.39 is 11.3 Å². The Balaban J connectivity index is 2.10. The molecule has 0 fully saturated rings. The third kappa shape index (κ3) is 2.99. The van der Waals surface area contributed by atoms with E-state index >= 15 is 0 Å². The highest BCUT2D eigenvalue weighted by molar-refractivity contribution is 6.31. The van der Waals surface area contributed by atoms with Crippen molar-refractivity contribution in [1.82, 2.24) is 19.6 Å². The lowest BCUT2D eigenvalue weighted by molar-refractivity contribution is 0.101. The monoisotopic (exact) mass is 373 g/mol. The summed E-state index contributed by atoms with van der Waals surface area (Å²) in [6, 6.07) is 5.00. The molecule has 2 heterocycles. The van der Waals surface area contributed by atoms with Gasteiger partial charge in [-0.2, -0.15) is 10.2 Å². The molecule has 0 bridgehead atoms. The number of carbonyl (C=O) groups is 1. The normalized spacial score (nSPS) is 11.1. The number of nitrogens with zero attached hydrogens (tertiary/aromatic N) is 4. The molecule has 8 heteroatoms. The minimum atomic E-state index is -0.555. The van der Waals surface area contributed by atoms with Gasteiger partial charge < -0.3 is 5.32 Å². The molecule has 0 atom stereocenters. The van der Waals surface area contributed by atoms with Crippen LogP contribution in [0.1, 0.15) is 35.7 Å². The first-order chi connectivity index (χ1) is 12.4. The number of rotatable bonds is 4. The largest absolute Gasteiger partial charge is 0.317 e. The first kappa shape index (κ1) is 18.1. The van der Waals surface area contributed by atoms with Gasteiger partial charge in [-0.3, -0.25) is 19.0 Å². The fourth-order valence-corrected chi connectivity index (χ4v) is 3.18. The number of carbonyl (C=O) groups excluding carboxylic acids is 1. The summed E-state index contributed by atoms with van der Waals surface area (Å²) in [6.07, 6.45) is 0. The summed E-state index contributed by atoms with van der Waals surface area (Å²) in [6.45, 7) is 8.76. The predicted molar refractivity (Wildman–Crippen MR) is 102 cm³/mol. The Morgan fingerprint density at radius 3 is 2.46 bits per heavy atom. The molecular weight excluding hydrogens is 354 g/mol. The van der Waals surface area contributed by atoms with Crippen molar-refractivity contribution in [3.63, 3.8) is 0 Å². The van der Waals surface area contributed by atoms with Gasteiger partial charge in [-0.15, -0.1) is 0 Å². The number of amides is 1. The second-order valence-electron chi connectivity index (χ2n) is 5.97. The standard InChI is InChI=1S/C18H20ClN5O2/c1-5-23-11(4)15(10(3)21-23)20-18(26)16-17(25)13-9-12(19)7-8-14(13)24(6-2)22-16/h7-9H,5-6H2,1-4H3,(H,20,26). The zero-order chi connectivity index (χ0) is 19.0. The van der Waals surface area contributed by atoms with E-state index in [0.717, 1.165) is 5.69 Å². The van der Waals surface area contributed by atoms with Crippen molar-refractivity contribution < 1.29 is 4.79 Å². The van der Waals surface area contributed by atoms with Crippen LogP contribution < -0.4 is 10.7 Å². The molecule has 26 heavy (non-hydrogen) atoms. The number of fused-ring (bicyclic) bond motifs is 1. The maximum Gasteiger partial charge on any atom is 0.280 e. The van der Waals surface area contributed by atoms with Gasteiger partial charge in [0.1, 0.15) is 0 Å². The molecule has 0 spiro atoms. The first-order valence-electron chi connectivity index (χ1n) is 8.43. The van der Waals surface area contributed by atoms with E-state index in [0.29, 0.717) is 40.4 Å². The van der Waals surface area contributed by atoms with Crippen LogP contribution in [0.3, 0.4) is 0 Å². The molecule has 0 aliphatic rings. The highest BCUT2D eigenvalue weighted by Gasteiger charge is 2.20. The zero-order valence-corrected chi connectivity index (χ0v) is 15.9. The number of nitrogens with one attached hydrogen (secondary N) is 1. The van der Waals surface area contributed by atoms with Gasteiger partial charge >= 0.3 is 0 Å². The summed E-state index contributed by atoms with van der Waals surface area (Å²) >= 11 is 6.03. The number of hydrogen-bond donors (Lipinski definition) is 1. The summed E-state index contributed by atoms with van der Waals surface area (Å²) in [5.74, 6) is -0.555. The van der Waals surface area contributed by atoms with E-state index in [4.69, 9.17) is 11.6 Å². The Hall–Kier alpha value is -2.67. The Labute approximate surface area is 155 Å². The number of anilines is 1. The zero-order valence-electron chi connectivity index (χ0n) is 15.1. The molecule has 0 aliphatic heterocycles. The number of halogens is 1. The molecule has 136 valence electrons. The van der Waals surface area contributed by atoms with Crippen molar-refractivity contribution >= 4 is 34.1 Å². The van der Waals surface area contributed by atoms with Gasteiger partial charge in [-0.25, -0.2) is 0 Å². The van der Waals surface area contributed by atoms with Gasteiger partial charge in [-0.1, -0.05) is 11.6 Å². The fraction of sp³-hybridized carbons (Fsp3) is 0.333. The first-order valence-corrected chi connectivity index (χ1v) is 8.80. The summed E-state index contributed by atoms with van der Waals surface area (Å²) in [5.41, 5.74) is 2.17. The van der Waals surface area contributed by atoms with Crippen LogP contribution in [0.15, 0.2) is 23.0 Å². The topological polar surface area (TPSA) is 81.8 Å². The van der Waals surface area contributed by atoms with E-state index in [-0.39, 0.29) is 5.69 Å². The molecule has 1 aromatic carbocycles. The van der Waals surface area contributed by atoms with Crippen molar-refractivity contribution in [2.45, 2.75) is 40.8 Å². The third-order valence-electron chi connectivity index (χ3n) is 4.35. The van der Waals surface area contributed by atoms with Gasteiger partial charge in [0.25, 0.3) is 5.91 Å². The van der Waals surface area contributed by atoms with Crippen LogP contribution in [0.4, 0.5) is 5.69 Å². The van der Waals surface area contributed by atoms with Crippen LogP contribution in [0, 0.1) is 13.8 Å². The molecule has 0 aliphatic carbocycles. The van der Waals surface area contributed by atoms with E-state index in [1.165, 1.54) is 0 Å². The highest BCUT2D eigenvalue weighted by Crippen LogP contribution is 2.20. The average molecular weight is 374 g/mol. The van der Waals surface area contributed by atoms with Crippen molar-refractivity contribution in [3.8, 4) is 0 Å². The van der Waals surface area contributed by atoms with E-state index in [1.54, 1.807) is 27.6 Å². The second kappa shape index (κ2) is 6.92. The van der Waals surface area contributed by atoms with Crippen LogP contribution in [0.25, 0.3) is 10.9 Å². The lowest BCUT2D eigenvalue weighted by atomic mass is 10.2. The predicted octanol–water partition coefficient (Wildman–Crippen LogP) is 3.16. The maximum absolute atomic E-state index is 12.8. The highest BCUT2D eigenvalue weighted by atomic mass is 35.5. The summed E-state index contributed by atoms with van der Waals surface area (Å²) in [4.78, 5) is 25.6. The SMILES string of the molecule is CCn1nc(C)c(NC(=O)c2nn(CC)c3ccc(Cl)cc3c2=O)c1C. The molecule has 0 radical (unpaired) electrons. The second-order valence-corrected chi connectivity index (χ2v) is 6.41. The van der Waals surface area contributed by atoms with Crippen LogP contribution in [0.2, 0.25) is 5.02 Å². The van der Waals surface area contributed by atoms with Crippen LogP contribution in [-0.4, -0.2) is 25.5 Å². The van der Waals surface area contributed by atoms with Gasteiger partial charge in [0.2, 0.25) is 5.43 Å². The number of benzene rings is 1. The van der Waals surface area contributed by atoms with Crippen LogP contribution in [0.5, 0.6) is 0 Å². The fourth-order valence-electron chi connectivity index (χ4n) is 3.01. The van der Waals surface area contributed by atoms with Crippen LogP contribution >= 0.6 is 11.6 Å². The minimum absolute atomic E-state index is 0.162. The molecule has 3 aromatic rings. The Bertz CT molecular complexity index is 1070. The van der Waals surface area contributed by atoms with E-state index in [9.17, 15) is 9.59 Å². The van der Waals surface area contributed by atoms with E-state index in [1.807, 2.05) is 27.7 Å². The smallest absolute Gasteiger partial charge is 0.280 e. The molecule has 0 unspecified atom stereocenters. The maximum atomic E-state index is 12.8. The summed E-state index contributed by atoms with van der Waals surface area (Å²) in [7, 11) is 0.